The lowest BCUT2D eigenvalue weighted by Gasteiger charge is -2.20. The zero-order valence-electron chi connectivity index (χ0n) is 20.4. The molecule has 6 nitrogen and oxygen atoms in total. The van der Waals surface area contributed by atoms with Gasteiger partial charge in [-0.3, -0.25) is 9.51 Å². The summed E-state index contributed by atoms with van der Waals surface area (Å²) in [5, 5.41) is 4.59. The third-order valence-corrected chi connectivity index (χ3v) is 7.94. The normalized spacial score (nSPS) is 17.0. The van der Waals surface area contributed by atoms with Crippen molar-refractivity contribution in [3.05, 3.63) is 116 Å². The van der Waals surface area contributed by atoms with Gasteiger partial charge in [-0.25, -0.2) is 9.78 Å². The molecule has 184 valence electrons. The van der Waals surface area contributed by atoms with Gasteiger partial charge in [0.1, 0.15) is 11.3 Å². The minimum atomic E-state index is -0.558. The fourth-order valence-electron chi connectivity index (χ4n) is 5.64. The predicted molar refractivity (Wildman–Crippen MR) is 145 cm³/mol. The maximum absolute atomic E-state index is 11.6. The lowest BCUT2D eigenvalue weighted by molar-refractivity contribution is 0.385. The Balaban J connectivity index is 1.36. The molecule has 1 unspecified atom stereocenters. The maximum atomic E-state index is 11.6. The molecule has 0 spiro atoms. The van der Waals surface area contributed by atoms with Crippen molar-refractivity contribution in [2.75, 3.05) is 0 Å². The molecule has 0 amide bonds. The van der Waals surface area contributed by atoms with Crippen LogP contribution in [0.5, 0.6) is 0 Å². The monoisotopic (exact) mass is 508 g/mol. The first kappa shape index (κ1) is 22.3. The van der Waals surface area contributed by atoms with Gasteiger partial charge in [-0.1, -0.05) is 65.3 Å². The summed E-state index contributed by atoms with van der Waals surface area (Å²) in [6, 6.07) is 21.3. The highest BCUT2D eigenvalue weighted by Gasteiger charge is 2.32. The number of nitrogens with one attached hydrogen (secondary N) is 1. The van der Waals surface area contributed by atoms with Gasteiger partial charge in [0.15, 0.2) is 5.82 Å². The van der Waals surface area contributed by atoms with Crippen LogP contribution in [0.15, 0.2) is 70.0 Å². The molecule has 3 aromatic carbocycles. The number of aryl methyl sites for hydroxylation is 2. The van der Waals surface area contributed by atoms with Crippen molar-refractivity contribution in [1.82, 2.24) is 19.7 Å². The van der Waals surface area contributed by atoms with Crippen LogP contribution in [0.4, 0.5) is 0 Å². The van der Waals surface area contributed by atoms with Crippen LogP contribution in [-0.4, -0.2) is 19.7 Å². The summed E-state index contributed by atoms with van der Waals surface area (Å²) in [5.41, 5.74) is 9.08. The van der Waals surface area contributed by atoms with Gasteiger partial charge in [-0.15, -0.1) is 0 Å². The Labute approximate surface area is 218 Å². The molecule has 7 rings (SSSR count). The Hall–Kier alpha value is -3.90. The van der Waals surface area contributed by atoms with Crippen molar-refractivity contribution in [2.24, 2.45) is 0 Å². The number of hydrogen-bond donors (Lipinski definition) is 1. The second-order valence-corrected chi connectivity index (χ2v) is 10.4. The molecular weight excluding hydrogens is 484 g/mol. The predicted octanol–water partition coefficient (Wildman–Crippen LogP) is 6.54. The molecule has 1 atom stereocenters. The average molecular weight is 509 g/mol. The van der Waals surface area contributed by atoms with Gasteiger partial charge in [0.05, 0.1) is 16.6 Å². The minimum Gasteiger partial charge on any atom is -0.320 e. The van der Waals surface area contributed by atoms with Gasteiger partial charge in [0.2, 0.25) is 0 Å². The van der Waals surface area contributed by atoms with Crippen LogP contribution in [0, 0.1) is 0 Å². The van der Waals surface area contributed by atoms with Crippen LogP contribution >= 0.6 is 11.6 Å². The number of hydrogen-bond acceptors (Lipinski definition) is 4. The first-order valence-corrected chi connectivity index (χ1v) is 13.1. The summed E-state index contributed by atoms with van der Waals surface area (Å²) in [4.78, 5) is 19.2. The van der Waals surface area contributed by atoms with Crippen LogP contribution in [0.1, 0.15) is 71.2 Å². The Bertz CT molecular complexity index is 1760. The molecule has 2 aromatic heterocycles. The molecule has 7 heteroatoms. The van der Waals surface area contributed by atoms with E-state index in [4.69, 9.17) is 21.1 Å². The first-order valence-electron chi connectivity index (χ1n) is 12.7. The van der Waals surface area contributed by atoms with Gasteiger partial charge >= 0.3 is 5.76 Å². The van der Waals surface area contributed by atoms with E-state index in [2.05, 4.69) is 64.1 Å². The molecule has 1 fully saturated rings. The molecule has 1 N–H and O–H groups in total. The second kappa shape index (κ2) is 8.60. The van der Waals surface area contributed by atoms with E-state index >= 15 is 0 Å². The fourth-order valence-corrected chi connectivity index (χ4v) is 5.85. The summed E-state index contributed by atoms with van der Waals surface area (Å²) in [6.07, 6.45) is 6.12. The second-order valence-electron chi connectivity index (χ2n) is 10.0. The number of nitrogens with zero attached hydrogens (tertiary/aromatic N) is 3. The maximum Gasteiger partial charge on any atom is 0.439 e. The van der Waals surface area contributed by atoms with Gasteiger partial charge in [-0.2, -0.15) is 0 Å². The number of H-pyrrole nitrogens is 1. The highest BCUT2D eigenvalue weighted by atomic mass is 35.5. The summed E-state index contributed by atoms with van der Waals surface area (Å²) in [7, 11) is 0. The third kappa shape index (κ3) is 3.83. The van der Waals surface area contributed by atoms with Gasteiger partial charge in [0.25, 0.3) is 0 Å². The minimum absolute atomic E-state index is 0.106. The SMILES string of the molecule is CC(c1ccc2c(c1)CCc1ccccc1/C2=C\c1noc(=O)[nH]1)n1c(C2CC2)nc2c(Cl)cccc21. The molecular formula is C30H25ClN4O2. The van der Waals surface area contributed by atoms with Gasteiger partial charge in [0, 0.05) is 5.92 Å². The number of halogens is 1. The topological polar surface area (TPSA) is 76.7 Å². The van der Waals surface area contributed by atoms with Crippen LogP contribution < -0.4 is 5.76 Å². The number of aromatic amines is 1. The molecule has 0 bridgehead atoms. The molecule has 37 heavy (non-hydrogen) atoms. The van der Waals surface area contributed by atoms with Crippen LogP contribution in [-0.2, 0) is 12.8 Å². The first-order chi connectivity index (χ1) is 18.1. The van der Waals surface area contributed by atoms with Gasteiger partial charge in [-0.05, 0) is 84.2 Å². The molecule has 0 aliphatic heterocycles. The fraction of sp³-hybridized carbons (Fsp3) is 0.233. The molecule has 2 aliphatic carbocycles. The quantitative estimate of drug-likeness (QED) is 0.299. The van der Waals surface area contributed by atoms with Crippen molar-refractivity contribution >= 4 is 34.3 Å². The van der Waals surface area contributed by atoms with Crippen LogP contribution in [0.3, 0.4) is 0 Å². The van der Waals surface area contributed by atoms with Crippen molar-refractivity contribution in [3.8, 4) is 0 Å². The Morgan fingerprint density at radius 2 is 1.86 bits per heavy atom. The standard InChI is InChI=1S/C30H25ClN4O2/c1-17(35-26-8-4-7-25(31)28(26)33-29(35)19-10-11-19)20-13-14-23-21(15-20)12-9-18-5-2-3-6-22(18)24(23)16-27-32-30(36)37-34-27/h2-8,13-17,19H,9-12H2,1H3,(H,32,34,36)/b24-16+. The smallest absolute Gasteiger partial charge is 0.320 e. The number of aromatic nitrogens is 4. The number of benzene rings is 3. The average Bonchev–Trinajstić information content (AvgIpc) is 3.59. The summed E-state index contributed by atoms with van der Waals surface area (Å²) >= 11 is 6.54. The number of rotatable bonds is 4. The number of para-hydroxylation sites is 1. The highest BCUT2D eigenvalue weighted by Crippen LogP contribution is 2.44. The number of fused-ring (bicyclic) bond motifs is 3. The molecule has 2 aliphatic rings. The molecule has 0 radical (unpaired) electrons. The van der Waals surface area contributed by atoms with Gasteiger partial charge < -0.3 is 4.57 Å². The van der Waals surface area contributed by atoms with E-state index < -0.39 is 5.76 Å². The lowest BCUT2D eigenvalue weighted by Crippen LogP contribution is -2.11. The molecule has 1 saturated carbocycles. The van der Waals surface area contributed by atoms with E-state index in [0.29, 0.717) is 16.8 Å². The van der Waals surface area contributed by atoms with E-state index in [9.17, 15) is 4.79 Å². The van der Waals surface area contributed by atoms with Crippen molar-refractivity contribution in [1.29, 1.82) is 0 Å². The highest BCUT2D eigenvalue weighted by molar-refractivity contribution is 6.34. The lowest BCUT2D eigenvalue weighted by atomic mass is 9.91. The Kier molecular flexibility index (Phi) is 5.18. The van der Waals surface area contributed by atoms with E-state index in [1.807, 2.05) is 24.3 Å². The van der Waals surface area contributed by atoms with E-state index in [1.54, 1.807) is 0 Å². The third-order valence-electron chi connectivity index (χ3n) is 7.64. The zero-order valence-corrected chi connectivity index (χ0v) is 21.1. The van der Waals surface area contributed by atoms with Crippen molar-refractivity contribution in [2.45, 2.75) is 44.6 Å². The van der Waals surface area contributed by atoms with Crippen LogP contribution in [0.2, 0.25) is 5.02 Å². The summed E-state index contributed by atoms with van der Waals surface area (Å²) in [6.45, 7) is 2.25. The van der Waals surface area contributed by atoms with Crippen molar-refractivity contribution < 1.29 is 4.52 Å². The summed E-state index contributed by atoms with van der Waals surface area (Å²) in [5.74, 6) is 1.49. The zero-order chi connectivity index (χ0) is 25.1. The van der Waals surface area contributed by atoms with E-state index in [1.165, 1.54) is 29.5 Å². The molecule has 2 heterocycles. The van der Waals surface area contributed by atoms with Crippen molar-refractivity contribution in [3.63, 3.8) is 0 Å². The van der Waals surface area contributed by atoms with E-state index in [-0.39, 0.29) is 6.04 Å². The summed E-state index contributed by atoms with van der Waals surface area (Å²) < 4.78 is 7.14. The number of imidazole rings is 1. The largest absolute Gasteiger partial charge is 0.439 e. The van der Waals surface area contributed by atoms with Crippen LogP contribution in [0.25, 0.3) is 22.7 Å². The Morgan fingerprint density at radius 3 is 2.68 bits per heavy atom. The Morgan fingerprint density at radius 1 is 1.05 bits per heavy atom. The molecule has 5 aromatic rings. The van der Waals surface area contributed by atoms with E-state index in [0.717, 1.165) is 46.4 Å². The molecule has 0 saturated heterocycles.